The van der Waals surface area contributed by atoms with Crippen LogP contribution in [0.3, 0.4) is 0 Å². The van der Waals surface area contributed by atoms with E-state index in [1.165, 1.54) is 0 Å². The summed E-state index contributed by atoms with van der Waals surface area (Å²) < 4.78 is 24.6. The number of rotatable bonds is 5. The summed E-state index contributed by atoms with van der Waals surface area (Å²) in [6.45, 7) is 0.366. The first-order valence-electron chi connectivity index (χ1n) is 3.66. The van der Waals surface area contributed by atoms with Gasteiger partial charge in [-0.25, -0.2) is 13.1 Å². The predicted octanol–water partition coefficient (Wildman–Crippen LogP) is 0.379. The van der Waals surface area contributed by atoms with Gasteiger partial charge in [-0.3, -0.25) is 0 Å². The predicted molar refractivity (Wildman–Crippen MR) is 44.0 cm³/mol. The number of nitrogens with one attached hydrogen (secondary N) is 1. The third-order valence-corrected chi connectivity index (χ3v) is 3.50. The van der Waals surface area contributed by atoms with Crippen molar-refractivity contribution in [3.05, 3.63) is 10.4 Å². The molecule has 1 N–H and O–H groups in total. The zero-order chi connectivity index (χ0) is 9.03. The highest BCUT2D eigenvalue weighted by Gasteiger charge is 2.34. The molecule has 1 rings (SSSR count). The van der Waals surface area contributed by atoms with Gasteiger partial charge in [-0.1, -0.05) is 5.11 Å². The summed E-state index contributed by atoms with van der Waals surface area (Å²) in [7, 11) is -3.10. The average molecular weight is 190 g/mol. The van der Waals surface area contributed by atoms with Gasteiger partial charge in [0.1, 0.15) is 0 Å². The van der Waals surface area contributed by atoms with Crippen LogP contribution < -0.4 is 4.72 Å². The number of nitrogens with zero attached hydrogens (tertiary/aromatic N) is 3. The highest BCUT2D eigenvalue weighted by Crippen LogP contribution is 2.27. The maximum Gasteiger partial charge on any atom is 0.214 e. The van der Waals surface area contributed by atoms with Gasteiger partial charge in [0.15, 0.2) is 0 Å². The quantitative estimate of drug-likeness (QED) is 0.293. The Bertz CT molecular complexity index is 289. The summed E-state index contributed by atoms with van der Waals surface area (Å²) in [6, 6.07) is 0. The van der Waals surface area contributed by atoms with E-state index in [2.05, 4.69) is 14.7 Å². The van der Waals surface area contributed by atoms with Gasteiger partial charge in [-0.05, 0) is 18.4 Å². The molecule has 0 atom stereocenters. The second-order valence-corrected chi connectivity index (χ2v) is 4.64. The van der Waals surface area contributed by atoms with Crippen molar-refractivity contribution in [3.8, 4) is 0 Å². The van der Waals surface area contributed by atoms with Crippen molar-refractivity contribution in [2.45, 2.75) is 18.1 Å². The molecule has 12 heavy (non-hydrogen) atoms. The van der Waals surface area contributed by atoms with Gasteiger partial charge in [-0.2, -0.15) is 0 Å². The molecular formula is C5H10N4O2S. The van der Waals surface area contributed by atoms with Crippen LogP contribution in [0, 0.1) is 0 Å². The number of azide groups is 1. The van der Waals surface area contributed by atoms with Gasteiger partial charge in [-0.15, -0.1) is 0 Å². The van der Waals surface area contributed by atoms with E-state index in [0.29, 0.717) is 0 Å². The Morgan fingerprint density at radius 2 is 2.25 bits per heavy atom. The van der Waals surface area contributed by atoms with Gasteiger partial charge in [0.2, 0.25) is 10.0 Å². The van der Waals surface area contributed by atoms with Crippen molar-refractivity contribution in [1.29, 1.82) is 0 Å². The molecule has 0 aromatic heterocycles. The minimum atomic E-state index is -3.10. The van der Waals surface area contributed by atoms with E-state index < -0.39 is 10.0 Å². The molecule has 6 nitrogen and oxygen atoms in total. The van der Waals surface area contributed by atoms with Crippen molar-refractivity contribution < 1.29 is 8.42 Å². The van der Waals surface area contributed by atoms with Crippen LogP contribution in [0.4, 0.5) is 0 Å². The first-order chi connectivity index (χ1) is 5.67. The second kappa shape index (κ2) is 3.75. The van der Waals surface area contributed by atoms with E-state index in [0.717, 1.165) is 12.8 Å². The fourth-order valence-corrected chi connectivity index (χ4v) is 2.15. The average Bonchev–Trinajstić information content (AvgIpc) is 2.80. The van der Waals surface area contributed by atoms with E-state index >= 15 is 0 Å². The number of hydrogen-bond acceptors (Lipinski definition) is 3. The van der Waals surface area contributed by atoms with Crippen LogP contribution >= 0.6 is 0 Å². The van der Waals surface area contributed by atoms with Crippen molar-refractivity contribution in [1.82, 2.24) is 4.72 Å². The third kappa shape index (κ3) is 2.69. The number of sulfonamides is 1. The SMILES string of the molecule is [N-]=[N+]=NCCNS(=O)(=O)C1CC1. The highest BCUT2D eigenvalue weighted by atomic mass is 32.2. The molecule has 1 saturated carbocycles. The first-order valence-corrected chi connectivity index (χ1v) is 5.21. The summed E-state index contributed by atoms with van der Waals surface area (Å²) >= 11 is 0. The maximum atomic E-state index is 11.1. The van der Waals surface area contributed by atoms with Crippen molar-refractivity contribution >= 4 is 10.0 Å². The van der Waals surface area contributed by atoms with Gasteiger partial charge >= 0.3 is 0 Å². The number of hydrogen-bond donors (Lipinski definition) is 1. The lowest BCUT2D eigenvalue weighted by Gasteiger charge is -2.01. The lowest BCUT2D eigenvalue weighted by atomic mass is 10.7. The zero-order valence-corrected chi connectivity index (χ0v) is 7.29. The van der Waals surface area contributed by atoms with Crippen LogP contribution in [0.15, 0.2) is 5.11 Å². The largest absolute Gasteiger partial charge is 0.215 e. The molecule has 0 amide bonds. The molecule has 0 bridgehead atoms. The van der Waals surface area contributed by atoms with Crippen LogP contribution in [-0.2, 0) is 10.0 Å². The molecule has 1 aliphatic carbocycles. The Hall–Kier alpha value is -0.780. The molecular weight excluding hydrogens is 180 g/mol. The molecule has 0 unspecified atom stereocenters. The van der Waals surface area contributed by atoms with Crippen LogP contribution in [-0.4, -0.2) is 26.8 Å². The minimum Gasteiger partial charge on any atom is -0.215 e. The normalized spacial score (nSPS) is 17.0. The molecule has 7 heteroatoms. The molecule has 68 valence electrons. The molecule has 0 heterocycles. The van der Waals surface area contributed by atoms with E-state index in [1.807, 2.05) is 0 Å². The molecule has 0 aliphatic heterocycles. The van der Waals surface area contributed by atoms with E-state index in [-0.39, 0.29) is 18.3 Å². The summed E-state index contributed by atoms with van der Waals surface area (Å²) in [5, 5.41) is 3.00. The van der Waals surface area contributed by atoms with Crippen molar-refractivity contribution in [2.75, 3.05) is 13.1 Å². The van der Waals surface area contributed by atoms with Gasteiger partial charge in [0.05, 0.1) is 5.25 Å². The van der Waals surface area contributed by atoms with Gasteiger partial charge in [0, 0.05) is 18.0 Å². The summed E-state index contributed by atoms with van der Waals surface area (Å²) in [4.78, 5) is 2.51. The van der Waals surface area contributed by atoms with Gasteiger partial charge < -0.3 is 0 Å². The topological polar surface area (TPSA) is 94.9 Å². The Labute approximate surface area is 70.6 Å². The standard InChI is InChI=1S/C5H10N4O2S/c6-9-7-3-4-8-12(10,11)5-1-2-5/h5,8H,1-4H2. The van der Waals surface area contributed by atoms with Crippen LogP contribution in [0.2, 0.25) is 0 Å². The second-order valence-electron chi connectivity index (χ2n) is 2.59. The van der Waals surface area contributed by atoms with Crippen molar-refractivity contribution in [2.24, 2.45) is 5.11 Å². The molecule has 0 aromatic rings. The lowest BCUT2D eigenvalue weighted by molar-refractivity contribution is 0.581. The molecule has 0 saturated heterocycles. The lowest BCUT2D eigenvalue weighted by Crippen LogP contribution is -2.29. The molecule has 0 aromatic carbocycles. The van der Waals surface area contributed by atoms with E-state index in [4.69, 9.17) is 5.53 Å². The van der Waals surface area contributed by atoms with E-state index in [9.17, 15) is 8.42 Å². The molecule has 1 fully saturated rings. The summed E-state index contributed by atoms with van der Waals surface area (Å²) in [5.41, 5.74) is 7.90. The summed E-state index contributed by atoms with van der Waals surface area (Å²) in [5.74, 6) is 0. The van der Waals surface area contributed by atoms with E-state index in [1.54, 1.807) is 0 Å². The monoisotopic (exact) mass is 190 g/mol. The Kier molecular flexibility index (Phi) is 2.91. The zero-order valence-electron chi connectivity index (χ0n) is 6.47. The van der Waals surface area contributed by atoms with Crippen LogP contribution in [0.25, 0.3) is 10.4 Å². The Morgan fingerprint density at radius 3 is 2.75 bits per heavy atom. The maximum absolute atomic E-state index is 11.1. The van der Waals surface area contributed by atoms with Crippen LogP contribution in [0.1, 0.15) is 12.8 Å². The fourth-order valence-electron chi connectivity index (χ4n) is 0.779. The minimum absolute atomic E-state index is 0.169. The smallest absolute Gasteiger partial charge is 0.214 e. The van der Waals surface area contributed by atoms with Crippen LogP contribution in [0.5, 0.6) is 0 Å². The summed E-state index contributed by atoms with van der Waals surface area (Å²) in [6.07, 6.45) is 1.49. The fraction of sp³-hybridized carbons (Fsp3) is 1.00. The van der Waals surface area contributed by atoms with Gasteiger partial charge in [0.25, 0.3) is 0 Å². The van der Waals surface area contributed by atoms with Crippen molar-refractivity contribution in [3.63, 3.8) is 0 Å². The Morgan fingerprint density at radius 1 is 1.58 bits per heavy atom. The molecule has 0 spiro atoms. The molecule has 0 radical (unpaired) electrons. The third-order valence-electron chi connectivity index (χ3n) is 1.54. The highest BCUT2D eigenvalue weighted by molar-refractivity contribution is 7.90. The first kappa shape index (κ1) is 9.31. The Balaban J connectivity index is 2.26. The molecule has 1 aliphatic rings.